The number of aromatic nitrogens is 1. The number of thiazole rings is 1. The third kappa shape index (κ3) is 6.29. The first kappa shape index (κ1) is 31.0. The van der Waals surface area contributed by atoms with Gasteiger partial charge in [-0.15, -0.1) is 0 Å². The smallest absolute Gasteiger partial charge is 0.338 e. The van der Waals surface area contributed by atoms with Gasteiger partial charge in [-0.25, -0.2) is 9.79 Å². The van der Waals surface area contributed by atoms with E-state index in [9.17, 15) is 14.4 Å². The number of fused-ring (bicyclic) bond motifs is 1. The summed E-state index contributed by atoms with van der Waals surface area (Å²) in [5, 5.41) is 0. The fourth-order valence-electron chi connectivity index (χ4n) is 4.57. The summed E-state index contributed by atoms with van der Waals surface area (Å²) in [5.74, 6) is 0.566. The van der Waals surface area contributed by atoms with Crippen LogP contribution in [0.3, 0.4) is 0 Å². The fourth-order valence-corrected chi connectivity index (χ4v) is 6.15. The van der Waals surface area contributed by atoms with Crippen LogP contribution in [0.2, 0.25) is 0 Å². The van der Waals surface area contributed by atoms with E-state index in [1.54, 1.807) is 57.4 Å². The number of ether oxygens (including phenoxy) is 5. The molecule has 12 heteroatoms. The van der Waals surface area contributed by atoms with E-state index in [2.05, 4.69) is 20.9 Å². The quantitative estimate of drug-likeness (QED) is 0.234. The Balaban J connectivity index is 1.94. The zero-order valence-electron chi connectivity index (χ0n) is 24.1. The normalized spacial score (nSPS) is 14.6. The Morgan fingerprint density at radius 1 is 1.05 bits per heavy atom. The van der Waals surface area contributed by atoms with Crippen LogP contribution in [0, 0.1) is 0 Å². The molecule has 1 aromatic heterocycles. The lowest BCUT2D eigenvalue weighted by Gasteiger charge is -2.25. The zero-order valence-corrected chi connectivity index (χ0v) is 26.5. The minimum Gasteiger partial charge on any atom is -0.493 e. The minimum absolute atomic E-state index is 0.167. The van der Waals surface area contributed by atoms with Gasteiger partial charge in [0, 0.05) is 6.92 Å². The molecule has 0 saturated heterocycles. The average molecular weight is 660 g/mol. The van der Waals surface area contributed by atoms with E-state index in [4.69, 9.17) is 23.7 Å². The van der Waals surface area contributed by atoms with Crippen LogP contribution < -0.4 is 33.8 Å². The second-order valence-corrected chi connectivity index (χ2v) is 10.9. The van der Waals surface area contributed by atoms with Gasteiger partial charge in [0.1, 0.15) is 0 Å². The number of rotatable bonds is 10. The van der Waals surface area contributed by atoms with Crippen LogP contribution in [0.15, 0.2) is 55.9 Å². The Hall–Kier alpha value is -3.90. The van der Waals surface area contributed by atoms with E-state index in [0.717, 1.165) is 0 Å². The Labute approximate surface area is 255 Å². The highest BCUT2D eigenvalue weighted by Crippen LogP contribution is 2.38. The van der Waals surface area contributed by atoms with Gasteiger partial charge in [-0.05, 0) is 85.1 Å². The van der Waals surface area contributed by atoms with Crippen LogP contribution in [0.5, 0.6) is 23.0 Å². The van der Waals surface area contributed by atoms with Crippen LogP contribution in [-0.4, -0.2) is 43.4 Å². The molecule has 0 spiro atoms. The topological polar surface area (TPSA) is 115 Å². The first-order valence-electron chi connectivity index (χ1n) is 13.3. The highest BCUT2D eigenvalue weighted by atomic mass is 79.9. The fraction of sp³-hybridized carbons (Fsp3) is 0.333. The van der Waals surface area contributed by atoms with E-state index in [-0.39, 0.29) is 23.5 Å². The summed E-state index contributed by atoms with van der Waals surface area (Å²) >= 11 is 4.64. The molecule has 0 bridgehead atoms. The number of hydrogen-bond donors (Lipinski definition) is 0. The molecule has 4 rings (SSSR count). The first-order valence-corrected chi connectivity index (χ1v) is 14.9. The van der Waals surface area contributed by atoms with Gasteiger partial charge < -0.3 is 23.7 Å². The molecular formula is C30H31BrN2O8S. The molecule has 0 fully saturated rings. The average Bonchev–Trinajstić information content (AvgIpc) is 3.24. The molecule has 0 N–H and O–H groups in total. The summed E-state index contributed by atoms with van der Waals surface area (Å²) in [7, 11) is 1.54. The maximum absolute atomic E-state index is 14.0. The lowest BCUT2D eigenvalue weighted by Crippen LogP contribution is -2.40. The van der Waals surface area contributed by atoms with Gasteiger partial charge >= 0.3 is 11.9 Å². The molecule has 2 aromatic carbocycles. The molecule has 0 radical (unpaired) electrons. The summed E-state index contributed by atoms with van der Waals surface area (Å²) in [6.07, 6.45) is 1.70. The third-order valence-electron chi connectivity index (χ3n) is 6.20. The number of esters is 2. The van der Waals surface area contributed by atoms with Gasteiger partial charge in [-0.3, -0.25) is 14.2 Å². The van der Waals surface area contributed by atoms with Crippen molar-refractivity contribution in [2.75, 3.05) is 26.9 Å². The van der Waals surface area contributed by atoms with Crippen LogP contribution >= 0.6 is 27.3 Å². The largest absolute Gasteiger partial charge is 0.493 e. The number of methoxy groups -OCH3 is 1. The number of halogens is 1. The van der Waals surface area contributed by atoms with Gasteiger partial charge in [-0.2, -0.15) is 0 Å². The second-order valence-electron chi connectivity index (χ2n) is 9.00. The van der Waals surface area contributed by atoms with Crippen molar-refractivity contribution in [1.29, 1.82) is 0 Å². The maximum Gasteiger partial charge on any atom is 0.338 e. The number of carbonyl (C=O) groups excluding carboxylic acids is 2. The molecule has 42 heavy (non-hydrogen) atoms. The predicted molar refractivity (Wildman–Crippen MR) is 161 cm³/mol. The Morgan fingerprint density at radius 3 is 2.40 bits per heavy atom. The van der Waals surface area contributed by atoms with Crippen molar-refractivity contribution in [1.82, 2.24) is 4.57 Å². The third-order valence-corrected chi connectivity index (χ3v) is 7.77. The van der Waals surface area contributed by atoms with Gasteiger partial charge in [0.05, 0.1) is 53.2 Å². The van der Waals surface area contributed by atoms with E-state index in [1.165, 1.54) is 22.8 Å². The Kier molecular flexibility index (Phi) is 9.89. The molecule has 2 heterocycles. The summed E-state index contributed by atoms with van der Waals surface area (Å²) < 4.78 is 30.0. The highest BCUT2D eigenvalue weighted by Gasteiger charge is 2.34. The van der Waals surface area contributed by atoms with Crippen molar-refractivity contribution in [2.45, 2.75) is 40.7 Å². The van der Waals surface area contributed by atoms with Crippen molar-refractivity contribution < 1.29 is 33.3 Å². The summed E-state index contributed by atoms with van der Waals surface area (Å²) in [4.78, 5) is 43.9. The van der Waals surface area contributed by atoms with E-state index < -0.39 is 18.0 Å². The van der Waals surface area contributed by atoms with Crippen molar-refractivity contribution >= 4 is 45.3 Å². The standard InChI is InChI=1S/C30H31BrN2O8S/c1-7-38-22-15-19(10-11-21(22)37-6)26-25(29(36)40-9-3)16(4)32-30-33(26)28(35)24(42-30)14-18-12-20(31)27(41-17(5)34)23(13-18)39-8-2/h10-15,26H,7-9H2,1-6H3/b24-14-/t26-/m1/s1. The van der Waals surface area contributed by atoms with Gasteiger partial charge in [-0.1, -0.05) is 17.4 Å². The summed E-state index contributed by atoms with van der Waals surface area (Å²) in [6.45, 7) is 9.33. The molecule has 10 nitrogen and oxygen atoms in total. The molecule has 1 aliphatic heterocycles. The molecule has 3 aromatic rings. The lowest BCUT2D eigenvalue weighted by molar-refractivity contribution is -0.139. The molecule has 0 amide bonds. The van der Waals surface area contributed by atoms with Crippen LogP contribution in [0.1, 0.15) is 51.8 Å². The second kappa shape index (κ2) is 13.4. The Bertz CT molecular complexity index is 1740. The summed E-state index contributed by atoms with van der Waals surface area (Å²) in [5.41, 5.74) is 1.64. The van der Waals surface area contributed by atoms with E-state index in [0.29, 0.717) is 61.1 Å². The number of carbonyl (C=O) groups is 2. The van der Waals surface area contributed by atoms with Crippen molar-refractivity contribution in [2.24, 2.45) is 4.99 Å². The first-order chi connectivity index (χ1) is 20.1. The van der Waals surface area contributed by atoms with Gasteiger partial charge in [0.15, 0.2) is 27.8 Å². The van der Waals surface area contributed by atoms with Crippen molar-refractivity contribution in [3.63, 3.8) is 0 Å². The van der Waals surface area contributed by atoms with E-state index in [1.807, 2.05) is 13.8 Å². The van der Waals surface area contributed by atoms with E-state index >= 15 is 0 Å². The highest BCUT2D eigenvalue weighted by molar-refractivity contribution is 9.10. The summed E-state index contributed by atoms with van der Waals surface area (Å²) in [6, 6.07) is 7.90. The minimum atomic E-state index is -0.815. The maximum atomic E-state index is 14.0. The number of hydrogen-bond acceptors (Lipinski definition) is 10. The number of nitrogens with zero attached hydrogens (tertiary/aromatic N) is 2. The monoisotopic (exact) mass is 658 g/mol. The SMILES string of the molecule is CCOC(=O)C1=C(C)N=c2s/c(=C\c3cc(Br)c(OC(C)=O)c(OCC)c3)c(=O)n2[C@@H]1c1ccc(OC)c(OCC)c1. The zero-order chi connectivity index (χ0) is 30.6. The van der Waals surface area contributed by atoms with Gasteiger partial charge in [0.25, 0.3) is 5.56 Å². The number of benzene rings is 2. The molecule has 0 saturated carbocycles. The van der Waals surface area contributed by atoms with Crippen molar-refractivity contribution in [3.8, 4) is 23.0 Å². The molecule has 1 aliphatic rings. The Morgan fingerprint density at radius 2 is 1.76 bits per heavy atom. The van der Waals surface area contributed by atoms with Crippen LogP contribution in [-0.2, 0) is 14.3 Å². The lowest BCUT2D eigenvalue weighted by atomic mass is 9.95. The predicted octanol–water partition coefficient (Wildman–Crippen LogP) is 4.29. The molecular weight excluding hydrogens is 628 g/mol. The van der Waals surface area contributed by atoms with Crippen LogP contribution in [0.4, 0.5) is 0 Å². The van der Waals surface area contributed by atoms with Crippen LogP contribution in [0.25, 0.3) is 6.08 Å². The molecule has 0 aliphatic carbocycles. The van der Waals surface area contributed by atoms with Gasteiger partial charge in [0.2, 0.25) is 0 Å². The molecule has 222 valence electrons. The number of allylic oxidation sites excluding steroid dienone is 1. The van der Waals surface area contributed by atoms with Crippen molar-refractivity contribution in [3.05, 3.63) is 76.9 Å². The molecule has 1 atom stereocenters. The molecule has 0 unspecified atom stereocenters.